The molecule has 76 heavy (non-hydrogen) atoms. The number of carboxylic acid groups (broad SMARTS) is 1. The van der Waals surface area contributed by atoms with Gasteiger partial charge in [-0.25, -0.2) is 4.79 Å². The number of aliphatic imine (C=N–C) groups is 1. The van der Waals surface area contributed by atoms with E-state index in [9.17, 15) is 72.9 Å². The highest BCUT2D eigenvalue weighted by molar-refractivity contribution is 5.99. The molecular weight excluding hydrogens is 1000 g/mol. The fraction of sp³-hybridized carbons (Fsp3) is 0.717. The minimum Gasteiger partial charge on any atom is -0.480 e. The van der Waals surface area contributed by atoms with Crippen LogP contribution in [-0.2, 0) is 57.5 Å². The molecular formula is C46H81N15O15. The third kappa shape index (κ3) is 22.7. The Kier molecular flexibility index (Phi) is 29.0. The lowest BCUT2D eigenvalue weighted by Crippen LogP contribution is -2.62. The van der Waals surface area contributed by atoms with Crippen molar-refractivity contribution in [3.8, 4) is 0 Å². The molecule has 1 rings (SSSR count). The van der Waals surface area contributed by atoms with Crippen LogP contribution in [0.4, 0.5) is 0 Å². The topological polar surface area (TPSA) is 507 Å². The fourth-order valence-corrected chi connectivity index (χ4v) is 7.76. The van der Waals surface area contributed by atoms with Crippen molar-refractivity contribution in [2.45, 2.75) is 167 Å². The Balaban J connectivity index is 3.36. The van der Waals surface area contributed by atoms with Gasteiger partial charge in [-0.1, -0.05) is 54.4 Å². The van der Waals surface area contributed by atoms with Crippen LogP contribution in [0.2, 0.25) is 0 Å². The summed E-state index contributed by atoms with van der Waals surface area (Å²) in [6.45, 7) is 9.73. The van der Waals surface area contributed by atoms with E-state index in [0.717, 1.165) is 11.8 Å². The summed E-state index contributed by atoms with van der Waals surface area (Å²) in [6.07, 6.45) is -2.11. The number of carboxylic acids is 1. The van der Waals surface area contributed by atoms with E-state index in [0.29, 0.717) is 12.8 Å². The van der Waals surface area contributed by atoms with Crippen LogP contribution in [0.15, 0.2) is 4.99 Å². The zero-order valence-electron chi connectivity index (χ0n) is 44.2. The number of hydrogen-bond acceptors (Lipinski definition) is 16. The average molecular weight is 1080 g/mol. The molecule has 21 N–H and O–H groups in total. The second-order valence-corrected chi connectivity index (χ2v) is 19.2. The zero-order valence-corrected chi connectivity index (χ0v) is 44.2. The Labute approximate surface area is 440 Å². The largest absolute Gasteiger partial charge is 0.480 e. The molecule has 1 heterocycles. The van der Waals surface area contributed by atoms with Gasteiger partial charge in [-0.3, -0.25) is 57.7 Å². The quantitative estimate of drug-likeness (QED) is 0.0162. The summed E-state index contributed by atoms with van der Waals surface area (Å²) in [4.78, 5) is 163. The molecule has 12 atom stereocenters. The Morgan fingerprint density at radius 1 is 0.645 bits per heavy atom. The van der Waals surface area contributed by atoms with Gasteiger partial charge in [-0.05, 0) is 56.8 Å². The lowest BCUT2D eigenvalue weighted by molar-refractivity contribution is -0.143. The van der Waals surface area contributed by atoms with Crippen LogP contribution in [0.3, 0.4) is 0 Å². The number of amides is 11. The second-order valence-electron chi connectivity index (χ2n) is 19.2. The van der Waals surface area contributed by atoms with Gasteiger partial charge in [0.15, 0.2) is 5.96 Å². The molecule has 1 aliphatic rings. The highest BCUT2D eigenvalue weighted by atomic mass is 16.4. The number of carbonyl (C=O) groups excluding carboxylic acids is 11. The van der Waals surface area contributed by atoms with Crippen molar-refractivity contribution in [2.24, 2.45) is 51.4 Å². The van der Waals surface area contributed by atoms with Crippen molar-refractivity contribution < 1.29 is 72.9 Å². The van der Waals surface area contributed by atoms with Gasteiger partial charge in [0.05, 0.1) is 32.1 Å². The minimum atomic E-state index is -1.78. The smallest absolute Gasteiger partial charge is 0.326 e. The Morgan fingerprint density at radius 3 is 1.61 bits per heavy atom. The highest BCUT2D eigenvalue weighted by Gasteiger charge is 2.39. The molecule has 0 radical (unpaired) electrons. The zero-order chi connectivity index (χ0) is 58.1. The van der Waals surface area contributed by atoms with Gasteiger partial charge >= 0.3 is 5.97 Å². The van der Waals surface area contributed by atoms with Gasteiger partial charge in [-0.15, -0.1) is 0 Å². The van der Waals surface area contributed by atoms with Crippen molar-refractivity contribution >= 4 is 76.9 Å². The summed E-state index contributed by atoms with van der Waals surface area (Å²) >= 11 is 0. The molecule has 11 amide bonds. The number of likely N-dealkylation sites (tertiary alicyclic amines) is 1. The Bertz CT molecular complexity index is 2090. The molecule has 0 aliphatic carbocycles. The SMILES string of the molecule is CC[C@H](C)[C@H](NC(=O)[C@H](CC(N)=O)NC(=O)[C@H](CCCN=C(N)N)NC(=O)[C@@H](NC(=O)[C@@H](NC(=O)CNC(=O)[C@H](CC(N)=O)NC(=O)[C@@H]1CCCN1C(=O)[C@@H](N)CO)[C@@H](C)O)[C@@H](C)CC)C(=O)N[C@@H](CC(C)C)C(=O)O. The monoisotopic (exact) mass is 1080 g/mol. The Hall–Kier alpha value is -7.21. The van der Waals surface area contributed by atoms with E-state index in [1.807, 2.05) is 0 Å². The van der Waals surface area contributed by atoms with Crippen molar-refractivity contribution in [1.82, 2.24) is 47.4 Å². The van der Waals surface area contributed by atoms with Gasteiger partial charge in [0.25, 0.3) is 0 Å². The highest BCUT2D eigenvalue weighted by Crippen LogP contribution is 2.19. The van der Waals surface area contributed by atoms with Crippen LogP contribution in [0.1, 0.15) is 106 Å². The van der Waals surface area contributed by atoms with Crippen molar-refractivity contribution in [3.05, 3.63) is 0 Å². The molecule has 1 fully saturated rings. The van der Waals surface area contributed by atoms with Gasteiger partial charge in [-0.2, -0.15) is 0 Å². The summed E-state index contributed by atoms with van der Waals surface area (Å²) in [6, 6.07) is -13.2. The van der Waals surface area contributed by atoms with E-state index >= 15 is 0 Å². The maximum Gasteiger partial charge on any atom is 0.326 e. The average Bonchev–Trinajstić information content (AvgIpc) is 3.84. The molecule has 0 aromatic heterocycles. The maximum absolute atomic E-state index is 14.1. The summed E-state index contributed by atoms with van der Waals surface area (Å²) in [5, 5.41) is 48.8. The van der Waals surface area contributed by atoms with Gasteiger partial charge in [0, 0.05) is 13.1 Å². The molecule has 0 bridgehead atoms. The predicted octanol–water partition coefficient (Wildman–Crippen LogP) is -6.79. The van der Waals surface area contributed by atoms with Crippen molar-refractivity contribution in [1.29, 1.82) is 0 Å². The molecule has 0 saturated carbocycles. The van der Waals surface area contributed by atoms with E-state index in [4.69, 9.17) is 28.7 Å². The fourth-order valence-electron chi connectivity index (χ4n) is 7.76. The number of nitrogens with zero attached hydrogens (tertiary/aromatic N) is 2. The number of aliphatic carboxylic acids is 1. The molecule has 1 saturated heterocycles. The Morgan fingerprint density at radius 2 is 1.13 bits per heavy atom. The number of primary amides is 2. The minimum absolute atomic E-state index is 0.0434. The number of carbonyl (C=O) groups is 12. The van der Waals surface area contributed by atoms with Crippen LogP contribution in [0, 0.1) is 17.8 Å². The first-order valence-corrected chi connectivity index (χ1v) is 25.1. The normalized spacial score (nSPS) is 17.5. The number of nitrogens with one attached hydrogen (secondary N) is 8. The first-order valence-electron chi connectivity index (χ1n) is 25.1. The van der Waals surface area contributed by atoms with E-state index in [1.165, 1.54) is 0 Å². The molecule has 30 heteroatoms. The van der Waals surface area contributed by atoms with Gasteiger partial charge in [0.2, 0.25) is 65.0 Å². The number of guanidine groups is 1. The van der Waals surface area contributed by atoms with Crippen molar-refractivity contribution in [3.63, 3.8) is 0 Å². The molecule has 0 spiro atoms. The number of nitrogens with two attached hydrogens (primary N) is 5. The number of hydrogen-bond donors (Lipinski definition) is 16. The summed E-state index contributed by atoms with van der Waals surface area (Å²) in [5.74, 6) is -13.7. The first-order chi connectivity index (χ1) is 35.5. The van der Waals surface area contributed by atoms with Gasteiger partial charge in [0.1, 0.15) is 54.4 Å². The molecule has 0 aromatic rings. The van der Waals surface area contributed by atoms with Crippen molar-refractivity contribution in [2.75, 3.05) is 26.2 Å². The third-order valence-electron chi connectivity index (χ3n) is 12.4. The predicted molar refractivity (Wildman–Crippen MR) is 272 cm³/mol. The van der Waals surface area contributed by atoms with Crippen LogP contribution in [0.5, 0.6) is 0 Å². The number of aliphatic hydroxyl groups excluding tert-OH is 2. The standard InChI is InChI=1S/C46H81N15O15/c1-8-22(5)34(42(72)57-29(45(75)76)16-21(3)4)59-39(69)28(18-32(49)65)55-38(68)26(12-10-14-52-46(50)51)54-41(71)35(23(6)9-2)60-43(73)36(24(7)63)58-33(66)19-53-37(67)27(17-31(48)64)56-40(70)30-13-11-15-61(30)44(74)25(47)20-62/h21-30,34-36,62-63H,8-20,47H2,1-7H3,(H2,48,64)(H2,49,65)(H,53,67)(H,54,71)(H,55,68)(H,56,70)(H,57,72)(H,58,66)(H,59,69)(H,60,73)(H,75,76)(H4,50,51,52)/t22-,23-,24+,25-,26-,27-,28-,29-,30-,34-,35-,36-/m0/s1. The second kappa shape index (κ2) is 33.0. The third-order valence-corrected chi connectivity index (χ3v) is 12.4. The molecule has 0 aromatic carbocycles. The van der Waals surface area contributed by atoms with Gasteiger partial charge < -0.3 is 91.4 Å². The summed E-state index contributed by atoms with van der Waals surface area (Å²) < 4.78 is 0. The van der Waals surface area contributed by atoms with E-state index in [-0.39, 0.29) is 57.1 Å². The van der Waals surface area contributed by atoms with Crippen LogP contribution < -0.4 is 71.2 Å². The molecule has 1 aliphatic heterocycles. The summed E-state index contributed by atoms with van der Waals surface area (Å²) in [5.41, 5.74) is 27.3. The van der Waals surface area contributed by atoms with Crippen LogP contribution in [-0.4, -0.2) is 184 Å². The lowest BCUT2D eigenvalue weighted by atomic mass is 9.96. The molecule has 0 unspecified atom stereocenters. The lowest BCUT2D eigenvalue weighted by Gasteiger charge is -2.30. The van der Waals surface area contributed by atoms with E-state index < -0.39 is 169 Å². The maximum atomic E-state index is 14.1. The van der Waals surface area contributed by atoms with Crippen LogP contribution in [0.25, 0.3) is 0 Å². The van der Waals surface area contributed by atoms with E-state index in [2.05, 4.69) is 47.5 Å². The number of rotatable bonds is 34. The summed E-state index contributed by atoms with van der Waals surface area (Å²) in [7, 11) is 0. The first kappa shape index (κ1) is 66.8. The molecule has 30 nitrogen and oxygen atoms in total. The van der Waals surface area contributed by atoms with Crippen LogP contribution >= 0.6 is 0 Å². The molecule has 430 valence electrons. The van der Waals surface area contributed by atoms with E-state index in [1.54, 1.807) is 41.5 Å². The number of aliphatic hydroxyl groups is 2.